The van der Waals surface area contributed by atoms with Crippen LogP contribution in [0, 0.1) is 0 Å². The van der Waals surface area contributed by atoms with Gasteiger partial charge in [-0.3, -0.25) is 14.6 Å². The van der Waals surface area contributed by atoms with Gasteiger partial charge in [-0.2, -0.15) is 9.50 Å². The molecule has 0 atom stereocenters. The van der Waals surface area contributed by atoms with Gasteiger partial charge in [0.2, 0.25) is 5.78 Å². The molecule has 4 aromatic rings. The molecule has 0 spiro atoms. The van der Waals surface area contributed by atoms with Crippen molar-refractivity contribution in [2.75, 3.05) is 5.32 Å². The molecule has 0 aliphatic heterocycles. The van der Waals surface area contributed by atoms with E-state index in [0.717, 1.165) is 5.56 Å². The van der Waals surface area contributed by atoms with E-state index in [1.807, 2.05) is 30.3 Å². The summed E-state index contributed by atoms with van der Waals surface area (Å²) >= 11 is 12.0. The van der Waals surface area contributed by atoms with E-state index in [4.69, 9.17) is 23.2 Å². The Hall–Kier alpha value is -3.16. The summed E-state index contributed by atoms with van der Waals surface area (Å²) in [4.78, 5) is 31.5. The number of fused-ring (bicyclic) bond motifs is 1. The van der Waals surface area contributed by atoms with Gasteiger partial charge in [0, 0.05) is 17.5 Å². The maximum Gasteiger partial charge on any atom is 0.258 e. The molecule has 0 bridgehead atoms. The summed E-state index contributed by atoms with van der Waals surface area (Å²) in [6, 6.07) is 15.5. The number of hydrogen-bond donors (Lipinski definition) is 2. The van der Waals surface area contributed by atoms with Gasteiger partial charge >= 0.3 is 0 Å². The minimum atomic E-state index is -0.492. The fourth-order valence-corrected chi connectivity index (χ4v) is 3.23. The highest BCUT2D eigenvalue weighted by atomic mass is 35.5. The predicted molar refractivity (Wildman–Crippen MR) is 107 cm³/mol. The van der Waals surface area contributed by atoms with E-state index in [2.05, 4.69) is 20.4 Å². The third kappa shape index (κ3) is 3.76. The molecule has 2 aromatic heterocycles. The molecule has 0 radical (unpaired) electrons. The molecule has 0 saturated carbocycles. The van der Waals surface area contributed by atoms with E-state index in [9.17, 15) is 9.59 Å². The monoisotopic (exact) mass is 413 g/mol. The zero-order valence-electron chi connectivity index (χ0n) is 14.3. The Kier molecular flexibility index (Phi) is 4.85. The Morgan fingerprint density at radius 2 is 1.89 bits per heavy atom. The summed E-state index contributed by atoms with van der Waals surface area (Å²) < 4.78 is 1.38. The van der Waals surface area contributed by atoms with Crippen molar-refractivity contribution in [3.05, 3.63) is 91.9 Å². The summed E-state index contributed by atoms with van der Waals surface area (Å²) in [5.41, 5.74) is 0.840. The number of aromatic nitrogens is 4. The lowest BCUT2D eigenvalue weighted by Gasteiger charge is -2.07. The number of nitrogens with one attached hydrogen (secondary N) is 2. The summed E-state index contributed by atoms with van der Waals surface area (Å²) in [6.07, 6.45) is 0.487. The van der Waals surface area contributed by atoms with E-state index in [-0.39, 0.29) is 22.2 Å². The number of carbonyl (C=O) groups excluding carboxylic acids is 1. The molecule has 0 unspecified atom stereocenters. The van der Waals surface area contributed by atoms with Crippen LogP contribution in [0.3, 0.4) is 0 Å². The summed E-state index contributed by atoms with van der Waals surface area (Å²) in [7, 11) is 0. The van der Waals surface area contributed by atoms with Crippen LogP contribution in [0.1, 0.15) is 21.7 Å². The average Bonchev–Trinajstić information content (AvgIpc) is 3.04. The lowest BCUT2D eigenvalue weighted by Crippen LogP contribution is -2.19. The lowest BCUT2D eigenvalue weighted by molar-refractivity contribution is 0.102. The van der Waals surface area contributed by atoms with Gasteiger partial charge in [-0.25, -0.2) is 0 Å². The Morgan fingerprint density at radius 1 is 1.11 bits per heavy atom. The van der Waals surface area contributed by atoms with Gasteiger partial charge in [0.25, 0.3) is 11.5 Å². The van der Waals surface area contributed by atoms with Crippen LogP contribution in [0.15, 0.2) is 59.4 Å². The Labute approximate surface area is 169 Å². The zero-order valence-corrected chi connectivity index (χ0v) is 15.8. The van der Waals surface area contributed by atoms with Crippen molar-refractivity contribution in [3.8, 4) is 0 Å². The van der Waals surface area contributed by atoms with Crippen molar-refractivity contribution in [3.63, 3.8) is 0 Å². The lowest BCUT2D eigenvalue weighted by atomic mass is 10.1. The number of rotatable bonds is 4. The van der Waals surface area contributed by atoms with E-state index in [0.29, 0.717) is 17.3 Å². The Balaban J connectivity index is 1.68. The molecule has 1 amide bonds. The first-order chi connectivity index (χ1) is 13.5. The average molecular weight is 414 g/mol. The van der Waals surface area contributed by atoms with Crippen LogP contribution in [-0.4, -0.2) is 25.5 Å². The van der Waals surface area contributed by atoms with Crippen LogP contribution in [0.2, 0.25) is 10.0 Å². The third-order valence-corrected chi connectivity index (χ3v) is 4.55. The molecule has 0 aliphatic carbocycles. The Morgan fingerprint density at radius 3 is 2.64 bits per heavy atom. The number of aromatic amines is 1. The SMILES string of the molecule is O=C(Nc1cc(=O)[nH]c2nc(Cc3ccccc3)nn12)c1ccc(Cl)cc1Cl. The van der Waals surface area contributed by atoms with Gasteiger partial charge in [0.1, 0.15) is 5.82 Å². The van der Waals surface area contributed by atoms with Gasteiger partial charge in [0.05, 0.1) is 10.6 Å². The molecule has 4 rings (SSSR count). The minimum absolute atomic E-state index is 0.182. The van der Waals surface area contributed by atoms with Crippen LogP contribution >= 0.6 is 23.2 Å². The van der Waals surface area contributed by atoms with Gasteiger partial charge < -0.3 is 5.32 Å². The molecular formula is C19H13Cl2N5O2. The van der Waals surface area contributed by atoms with Crippen LogP contribution in [0.5, 0.6) is 0 Å². The number of H-pyrrole nitrogens is 1. The van der Waals surface area contributed by atoms with Gasteiger partial charge in [-0.05, 0) is 23.8 Å². The van der Waals surface area contributed by atoms with Crippen molar-refractivity contribution in [2.24, 2.45) is 0 Å². The smallest absolute Gasteiger partial charge is 0.258 e. The van der Waals surface area contributed by atoms with E-state index < -0.39 is 11.5 Å². The normalized spacial score (nSPS) is 10.9. The first kappa shape index (κ1) is 18.2. The van der Waals surface area contributed by atoms with E-state index in [1.165, 1.54) is 22.7 Å². The second kappa shape index (κ2) is 7.46. The molecule has 0 saturated heterocycles. The van der Waals surface area contributed by atoms with Crippen molar-refractivity contribution < 1.29 is 4.79 Å². The second-order valence-corrected chi connectivity index (χ2v) is 6.87. The largest absolute Gasteiger partial charge is 0.306 e. The molecular weight excluding hydrogens is 401 g/mol. The highest BCUT2D eigenvalue weighted by Crippen LogP contribution is 2.22. The van der Waals surface area contributed by atoms with Gasteiger partial charge in [-0.1, -0.05) is 53.5 Å². The maximum absolute atomic E-state index is 12.6. The molecule has 140 valence electrons. The fourth-order valence-electron chi connectivity index (χ4n) is 2.73. The zero-order chi connectivity index (χ0) is 19.7. The highest BCUT2D eigenvalue weighted by Gasteiger charge is 2.15. The summed E-state index contributed by atoms with van der Waals surface area (Å²) in [5, 5.41) is 7.67. The van der Waals surface area contributed by atoms with Crippen molar-refractivity contribution in [1.29, 1.82) is 0 Å². The number of halogens is 2. The van der Waals surface area contributed by atoms with Crippen molar-refractivity contribution in [1.82, 2.24) is 19.6 Å². The van der Waals surface area contributed by atoms with E-state index in [1.54, 1.807) is 6.07 Å². The number of hydrogen-bond acceptors (Lipinski definition) is 4. The number of benzene rings is 2. The number of nitrogens with zero attached hydrogens (tertiary/aromatic N) is 3. The molecule has 2 heterocycles. The number of amides is 1. The Bertz CT molecular complexity index is 1230. The third-order valence-electron chi connectivity index (χ3n) is 4.00. The summed E-state index contributed by atoms with van der Waals surface area (Å²) in [6.45, 7) is 0. The van der Waals surface area contributed by atoms with Crippen LogP contribution in [0.4, 0.5) is 5.82 Å². The summed E-state index contributed by atoms with van der Waals surface area (Å²) in [5.74, 6) is 0.430. The van der Waals surface area contributed by atoms with Crippen LogP contribution in [0.25, 0.3) is 5.78 Å². The van der Waals surface area contributed by atoms with E-state index >= 15 is 0 Å². The number of carbonyl (C=O) groups is 1. The molecule has 28 heavy (non-hydrogen) atoms. The topological polar surface area (TPSA) is 92.1 Å². The standard InChI is InChI=1S/C19H13Cl2N5O2/c20-12-6-7-13(14(21)9-12)18(28)23-16-10-17(27)24-19-22-15(25-26(16)19)8-11-4-2-1-3-5-11/h1-7,9-10H,8H2,(H,23,28)(H,22,24,25,27). The van der Waals surface area contributed by atoms with Crippen LogP contribution < -0.4 is 10.9 Å². The van der Waals surface area contributed by atoms with Gasteiger partial charge in [-0.15, -0.1) is 5.10 Å². The second-order valence-electron chi connectivity index (χ2n) is 6.02. The highest BCUT2D eigenvalue weighted by molar-refractivity contribution is 6.37. The van der Waals surface area contributed by atoms with Crippen LogP contribution in [-0.2, 0) is 6.42 Å². The minimum Gasteiger partial charge on any atom is -0.306 e. The molecule has 0 aliphatic rings. The first-order valence-electron chi connectivity index (χ1n) is 8.29. The molecule has 7 nitrogen and oxygen atoms in total. The molecule has 2 N–H and O–H groups in total. The fraction of sp³-hybridized carbons (Fsp3) is 0.0526. The predicted octanol–water partition coefficient (Wildman–Crippen LogP) is 3.57. The molecule has 0 fully saturated rings. The van der Waals surface area contributed by atoms with Crippen molar-refractivity contribution >= 4 is 40.7 Å². The van der Waals surface area contributed by atoms with Gasteiger partial charge in [0.15, 0.2) is 5.82 Å². The van der Waals surface area contributed by atoms with Crippen molar-refractivity contribution in [2.45, 2.75) is 6.42 Å². The first-order valence-corrected chi connectivity index (χ1v) is 9.04. The molecule has 9 heteroatoms. The molecule has 2 aromatic carbocycles. The maximum atomic E-state index is 12.6. The quantitative estimate of drug-likeness (QED) is 0.534. The number of anilines is 1.